The van der Waals surface area contributed by atoms with Crippen LogP contribution in [0.5, 0.6) is 0 Å². The van der Waals surface area contributed by atoms with E-state index in [0.717, 1.165) is 0 Å². The third-order valence-corrected chi connectivity index (χ3v) is 0. The van der Waals surface area contributed by atoms with Crippen LogP contribution in [0.3, 0.4) is 0 Å². The number of hydrogen-bond donors (Lipinski definition) is 3. The van der Waals surface area contributed by atoms with Gasteiger partial charge in [0.1, 0.15) is 0 Å². The molecule has 7 heavy (non-hydrogen) atoms. The number of rotatable bonds is 0. The summed E-state index contributed by atoms with van der Waals surface area (Å²) in [6.07, 6.45) is 0. The van der Waals surface area contributed by atoms with Gasteiger partial charge in [0.15, 0.2) is 0 Å². The van der Waals surface area contributed by atoms with Crippen LogP contribution in [0.25, 0.3) is 0 Å². The second-order valence-corrected chi connectivity index (χ2v) is 2.67. The molecule has 0 aromatic carbocycles. The summed E-state index contributed by atoms with van der Waals surface area (Å²) in [4.78, 5) is 0. The van der Waals surface area contributed by atoms with Gasteiger partial charge in [-0.2, -0.15) is 0 Å². The Morgan fingerprint density at radius 2 is 1.14 bits per heavy atom. The Morgan fingerprint density at radius 3 is 1.14 bits per heavy atom. The maximum atomic E-state index is 8.94. The zero-order valence-electron chi connectivity index (χ0n) is 2.20. The van der Waals surface area contributed by atoms with Crippen LogP contribution in [0.4, 0.5) is 0 Å². The Bertz CT molecular complexity index is 57.8. The quantitative estimate of drug-likeness (QED) is 0.357. The van der Waals surface area contributed by atoms with Crippen LogP contribution in [-0.2, 0) is 3.74 Å². The molecule has 0 fully saturated rings. The minimum atomic E-state index is -5.12. The van der Waals surface area contributed by atoms with E-state index in [1.54, 1.807) is 0 Å². The predicted molar refractivity (Wildman–Crippen MR) is 28.8 cm³/mol. The molecule has 0 aromatic heterocycles. The van der Waals surface area contributed by atoms with Crippen molar-refractivity contribution < 1.29 is 16.0 Å². The first kappa shape index (κ1) is 16.2. The van der Waals surface area contributed by atoms with Crippen molar-refractivity contribution in [3.8, 4) is 0 Å². The van der Waals surface area contributed by atoms with Crippen LogP contribution in [0.1, 0.15) is 0 Å². The van der Waals surface area contributed by atoms with E-state index >= 15 is 0 Å². The summed E-state index contributed by atoms with van der Waals surface area (Å²) in [6.45, 7) is 0. The topological polar surface area (TPSA) is 77.8 Å². The predicted octanol–water partition coefficient (Wildman–Crippen LogP) is -3.74. The molecule has 0 saturated carbocycles. The van der Waals surface area contributed by atoms with Crippen molar-refractivity contribution in [3.05, 3.63) is 0 Å². The fraction of sp³-hybridized carbons (Fsp3) is 0. The van der Waals surface area contributed by atoms with E-state index < -0.39 is 14.5 Å². The Hall–Kier alpha value is 2.50. The van der Waals surface area contributed by atoms with Gasteiger partial charge >= 0.3 is 97.8 Å². The molecule has 3 N–H and O–H groups in total. The van der Waals surface area contributed by atoms with Gasteiger partial charge in [-0.3, -0.25) is 0 Å². The van der Waals surface area contributed by atoms with E-state index in [-0.39, 0.29) is 67.3 Å². The van der Waals surface area contributed by atoms with Crippen LogP contribution in [0, 0.1) is 0 Å². The standard InChI is InChI=1S/AsH3O4.Ca.Na.3H/c2-1(3,4)5;;;;;/h(H3,2,3,4,5);;;;;. The fourth-order valence-corrected chi connectivity index (χ4v) is 0. The molecule has 0 atom stereocenters. The molecule has 4 nitrogen and oxygen atoms in total. The Labute approximate surface area is 95.9 Å². The molecule has 0 unspecified atom stereocenters. The molecule has 0 saturated heterocycles. The van der Waals surface area contributed by atoms with Gasteiger partial charge in [0.2, 0.25) is 0 Å². The second-order valence-electron chi connectivity index (χ2n) is 0.513. The average Bonchev–Trinajstić information content (AvgIpc) is 0.722. The van der Waals surface area contributed by atoms with Crippen molar-refractivity contribution in [2.24, 2.45) is 0 Å². The van der Waals surface area contributed by atoms with E-state index in [4.69, 9.17) is 16.0 Å². The maximum absolute atomic E-state index is 8.94. The molecule has 0 aliphatic carbocycles. The van der Waals surface area contributed by atoms with Gasteiger partial charge in [0.25, 0.3) is 0 Å². The van der Waals surface area contributed by atoms with Crippen molar-refractivity contribution in [2.45, 2.75) is 0 Å². The Kier molecular flexibility index (Phi) is 15.4. The van der Waals surface area contributed by atoms with E-state index in [1.165, 1.54) is 0 Å². The monoisotopic (exact) mass is 208 g/mol. The molecule has 38 valence electrons. The first-order valence-corrected chi connectivity index (χ1v) is 4.07. The molecule has 7 heteroatoms. The molecule has 0 aliphatic rings. The van der Waals surface area contributed by atoms with E-state index in [0.29, 0.717) is 0 Å². The van der Waals surface area contributed by atoms with E-state index in [9.17, 15) is 0 Å². The third-order valence-electron chi connectivity index (χ3n) is 0. The van der Waals surface area contributed by atoms with Crippen molar-refractivity contribution in [1.82, 2.24) is 0 Å². The van der Waals surface area contributed by atoms with Crippen molar-refractivity contribution in [1.29, 1.82) is 0 Å². The summed E-state index contributed by atoms with van der Waals surface area (Å²) >= 11 is -5.12. The summed E-state index contributed by atoms with van der Waals surface area (Å²) < 4.78 is 30.7. The summed E-state index contributed by atoms with van der Waals surface area (Å²) in [7, 11) is 0. The fourth-order valence-electron chi connectivity index (χ4n) is 0. The van der Waals surface area contributed by atoms with Gasteiger partial charge in [0.05, 0.1) is 0 Å². The van der Waals surface area contributed by atoms with Gasteiger partial charge in [0, 0.05) is 0 Å². The molecule has 0 heterocycles. The molecule has 0 spiro atoms. The normalized spacial score (nSPS) is 8.43. The Balaban J connectivity index is -0.0000000800. The van der Waals surface area contributed by atoms with Crippen molar-refractivity contribution in [3.63, 3.8) is 0 Å². The summed E-state index contributed by atoms with van der Waals surface area (Å²) in [5.74, 6) is 0. The molecular weight excluding hydrogens is 202 g/mol. The third kappa shape index (κ3) is 57.5. The van der Waals surface area contributed by atoms with Crippen LogP contribution >= 0.6 is 0 Å². The van der Waals surface area contributed by atoms with Crippen molar-refractivity contribution in [2.75, 3.05) is 0 Å². The first-order chi connectivity index (χ1) is 2.00. The zero-order chi connectivity index (χ0) is 4.50. The van der Waals surface area contributed by atoms with Gasteiger partial charge in [-0.1, -0.05) is 0 Å². The second kappa shape index (κ2) is 6.62. The van der Waals surface area contributed by atoms with Crippen LogP contribution in [-0.4, -0.2) is 94.1 Å². The van der Waals surface area contributed by atoms with Gasteiger partial charge in [-0.15, -0.1) is 0 Å². The molecule has 0 bridgehead atoms. The minimum absolute atomic E-state index is 0. The first-order valence-electron chi connectivity index (χ1n) is 0.783. The Morgan fingerprint density at radius 1 is 1.14 bits per heavy atom. The van der Waals surface area contributed by atoms with E-state index in [2.05, 4.69) is 0 Å². The van der Waals surface area contributed by atoms with Crippen LogP contribution < -0.4 is 0 Å². The summed E-state index contributed by atoms with van der Waals surface area (Å²) in [6, 6.07) is 0. The molecule has 0 aliphatic heterocycles. The van der Waals surface area contributed by atoms with Crippen LogP contribution in [0.2, 0.25) is 0 Å². The van der Waals surface area contributed by atoms with Gasteiger partial charge in [-0.05, 0) is 0 Å². The molecule has 0 aromatic rings. The summed E-state index contributed by atoms with van der Waals surface area (Å²) in [5.41, 5.74) is 0. The zero-order valence-corrected chi connectivity index (χ0v) is 4.07. The van der Waals surface area contributed by atoms with E-state index in [1.807, 2.05) is 0 Å². The molecule has 0 rings (SSSR count). The molecule has 0 amide bonds. The number of hydrogen-bond acceptors (Lipinski definition) is 1. The van der Waals surface area contributed by atoms with Crippen LogP contribution in [0.15, 0.2) is 0 Å². The summed E-state index contributed by atoms with van der Waals surface area (Å²) in [5, 5.41) is 0. The SMILES string of the molecule is O=[As](O)(O)O.[CaH2].[NaH]. The molecular formula is H6AsCaNaO4. The van der Waals surface area contributed by atoms with Crippen molar-refractivity contribution >= 4 is 81.8 Å². The van der Waals surface area contributed by atoms with Gasteiger partial charge < -0.3 is 0 Å². The van der Waals surface area contributed by atoms with Gasteiger partial charge in [-0.25, -0.2) is 0 Å². The molecule has 0 radical (unpaired) electrons. The average molecular weight is 208 g/mol.